The summed E-state index contributed by atoms with van der Waals surface area (Å²) < 4.78 is 12.3. The van der Waals surface area contributed by atoms with Crippen molar-refractivity contribution >= 4 is 0 Å². The summed E-state index contributed by atoms with van der Waals surface area (Å²) in [6.07, 6.45) is 15.9. The summed E-state index contributed by atoms with van der Waals surface area (Å²) in [6, 6.07) is 0. The summed E-state index contributed by atoms with van der Waals surface area (Å²) in [5, 5.41) is 0. The second-order valence-electron chi connectivity index (χ2n) is 5.92. The van der Waals surface area contributed by atoms with E-state index >= 15 is 0 Å². The van der Waals surface area contributed by atoms with E-state index in [4.69, 9.17) is 0 Å². The summed E-state index contributed by atoms with van der Waals surface area (Å²) in [7, 11) is 0. The molecule has 1 saturated carbocycles. The second kappa shape index (κ2) is 9.91. The Kier molecular flexibility index (Phi) is 8.74. The fraction of sp³-hybridized carbons (Fsp3) is 1.00. The van der Waals surface area contributed by atoms with Crippen molar-refractivity contribution in [1.29, 1.82) is 0 Å². The summed E-state index contributed by atoms with van der Waals surface area (Å²) in [5.41, 5.74) is 0. The van der Waals surface area contributed by atoms with Crippen molar-refractivity contribution in [3.05, 3.63) is 0 Å². The van der Waals surface area contributed by atoms with Crippen molar-refractivity contribution in [2.45, 2.75) is 84.0 Å². The minimum Gasteiger partial charge on any atom is -0.251 e. The van der Waals surface area contributed by atoms with Gasteiger partial charge in [0.2, 0.25) is 0 Å². The molecular formula is C16H31F. The number of alkyl halides is 1. The van der Waals surface area contributed by atoms with E-state index in [0.29, 0.717) is 0 Å². The Morgan fingerprint density at radius 1 is 0.941 bits per heavy atom. The number of halogens is 1. The van der Waals surface area contributed by atoms with E-state index in [0.717, 1.165) is 24.7 Å². The average Bonchev–Trinajstić information content (AvgIpc) is 3.14. The van der Waals surface area contributed by atoms with Crippen LogP contribution in [-0.2, 0) is 0 Å². The van der Waals surface area contributed by atoms with Crippen molar-refractivity contribution < 1.29 is 4.39 Å². The largest absolute Gasteiger partial charge is 0.251 e. The number of hydrogen-bond donors (Lipinski definition) is 0. The van der Waals surface area contributed by atoms with Gasteiger partial charge in [0.25, 0.3) is 0 Å². The zero-order chi connectivity index (χ0) is 12.3. The van der Waals surface area contributed by atoms with Crippen molar-refractivity contribution in [2.24, 2.45) is 11.8 Å². The minimum atomic E-state index is -0.117. The zero-order valence-electron chi connectivity index (χ0n) is 11.7. The number of rotatable bonds is 12. The van der Waals surface area contributed by atoms with Crippen LogP contribution in [0.3, 0.4) is 0 Å². The molecule has 1 fully saturated rings. The van der Waals surface area contributed by atoms with Gasteiger partial charge in [-0.2, -0.15) is 0 Å². The molecular weight excluding hydrogens is 211 g/mol. The summed E-state index contributed by atoms with van der Waals surface area (Å²) in [4.78, 5) is 0. The lowest BCUT2D eigenvalue weighted by atomic mass is 9.91. The van der Waals surface area contributed by atoms with E-state index in [1.54, 1.807) is 0 Å². The molecule has 0 amide bonds. The van der Waals surface area contributed by atoms with Gasteiger partial charge in [-0.1, -0.05) is 71.1 Å². The van der Waals surface area contributed by atoms with E-state index in [1.807, 2.05) is 0 Å². The smallest absolute Gasteiger partial charge is 0.0894 e. The molecule has 1 aliphatic carbocycles. The molecule has 0 heterocycles. The van der Waals surface area contributed by atoms with Gasteiger partial charge >= 0.3 is 0 Å². The first-order valence-electron chi connectivity index (χ1n) is 7.92. The maximum atomic E-state index is 12.3. The SMILES string of the molecule is CCCCCCC(CCCF)CCCC1CC1. The van der Waals surface area contributed by atoms with Gasteiger partial charge in [0.15, 0.2) is 0 Å². The Morgan fingerprint density at radius 2 is 1.65 bits per heavy atom. The third-order valence-electron chi connectivity index (χ3n) is 4.13. The Hall–Kier alpha value is -0.0700. The molecule has 102 valence electrons. The van der Waals surface area contributed by atoms with Crippen molar-refractivity contribution in [2.75, 3.05) is 6.67 Å². The van der Waals surface area contributed by atoms with Crippen LogP contribution >= 0.6 is 0 Å². The van der Waals surface area contributed by atoms with Crippen LogP contribution in [0.2, 0.25) is 0 Å². The molecule has 1 rings (SSSR count). The molecule has 0 aromatic rings. The van der Waals surface area contributed by atoms with Crippen LogP contribution in [0.4, 0.5) is 4.39 Å². The van der Waals surface area contributed by atoms with Crippen LogP contribution in [0.5, 0.6) is 0 Å². The number of hydrogen-bond acceptors (Lipinski definition) is 0. The summed E-state index contributed by atoms with van der Waals surface area (Å²) in [6.45, 7) is 2.14. The Bertz CT molecular complexity index is 163. The van der Waals surface area contributed by atoms with Crippen LogP contribution in [0.25, 0.3) is 0 Å². The topological polar surface area (TPSA) is 0 Å². The Balaban J connectivity index is 2.02. The highest BCUT2D eigenvalue weighted by Crippen LogP contribution is 2.35. The van der Waals surface area contributed by atoms with Gasteiger partial charge < -0.3 is 0 Å². The van der Waals surface area contributed by atoms with E-state index in [-0.39, 0.29) is 6.67 Å². The monoisotopic (exact) mass is 242 g/mol. The second-order valence-corrected chi connectivity index (χ2v) is 5.92. The molecule has 0 spiro atoms. The first-order valence-corrected chi connectivity index (χ1v) is 7.92. The molecule has 1 atom stereocenters. The molecule has 1 heteroatoms. The van der Waals surface area contributed by atoms with Crippen LogP contribution in [-0.4, -0.2) is 6.67 Å². The van der Waals surface area contributed by atoms with Crippen molar-refractivity contribution in [3.8, 4) is 0 Å². The molecule has 0 nitrogen and oxygen atoms in total. The lowest BCUT2D eigenvalue weighted by molar-refractivity contribution is 0.347. The standard InChI is InChI=1S/C16H31F/c1-2-3-4-5-8-15(11-7-14-17)9-6-10-16-12-13-16/h15-16H,2-14H2,1H3. The third kappa shape index (κ3) is 8.63. The maximum Gasteiger partial charge on any atom is 0.0894 e. The first kappa shape index (κ1) is 15.0. The molecule has 1 unspecified atom stereocenters. The predicted octanol–water partition coefficient (Wildman–Crippen LogP) is 5.90. The average molecular weight is 242 g/mol. The van der Waals surface area contributed by atoms with Gasteiger partial charge in [-0.15, -0.1) is 0 Å². The summed E-state index contributed by atoms with van der Waals surface area (Å²) >= 11 is 0. The first-order chi connectivity index (χ1) is 8.36. The molecule has 0 saturated heterocycles. The summed E-state index contributed by atoms with van der Waals surface area (Å²) in [5.74, 6) is 1.89. The predicted molar refractivity (Wildman–Crippen MR) is 74.0 cm³/mol. The molecule has 0 aromatic heterocycles. The van der Waals surface area contributed by atoms with Gasteiger partial charge in [-0.25, -0.2) is 0 Å². The molecule has 0 radical (unpaired) electrons. The van der Waals surface area contributed by atoms with Gasteiger partial charge in [0.05, 0.1) is 6.67 Å². The van der Waals surface area contributed by atoms with Gasteiger partial charge in [-0.05, 0) is 24.7 Å². The van der Waals surface area contributed by atoms with Crippen molar-refractivity contribution in [3.63, 3.8) is 0 Å². The van der Waals surface area contributed by atoms with Crippen molar-refractivity contribution in [1.82, 2.24) is 0 Å². The lowest BCUT2D eigenvalue weighted by Gasteiger charge is -2.16. The molecule has 0 bridgehead atoms. The molecule has 17 heavy (non-hydrogen) atoms. The number of unbranched alkanes of at least 4 members (excludes halogenated alkanes) is 3. The normalized spacial score (nSPS) is 17.3. The quantitative estimate of drug-likeness (QED) is 0.374. The third-order valence-corrected chi connectivity index (χ3v) is 4.13. The molecule has 1 aliphatic rings. The fourth-order valence-electron chi connectivity index (χ4n) is 2.76. The van der Waals surface area contributed by atoms with Gasteiger partial charge in [0.1, 0.15) is 0 Å². The Morgan fingerprint density at radius 3 is 2.29 bits per heavy atom. The Labute approximate surface area is 107 Å². The highest BCUT2D eigenvalue weighted by atomic mass is 19.1. The highest BCUT2D eigenvalue weighted by molar-refractivity contribution is 4.73. The zero-order valence-corrected chi connectivity index (χ0v) is 11.7. The van der Waals surface area contributed by atoms with E-state index in [2.05, 4.69) is 6.92 Å². The van der Waals surface area contributed by atoms with Crippen LogP contribution < -0.4 is 0 Å². The van der Waals surface area contributed by atoms with Crippen LogP contribution in [0.15, 0.2) is 0 Å². The van der Waals surface area contributed by atoms with E-state index in [9.17, 15) is 4.39 Å². The lowest BCUT2D eigenvalue weighted by Crippen LogP contribution is -2.02. The highest BCUT2D eigenvalue weighted by Gasteiger charge is 2.20. The van der Waals surface area contributed by atoms with Gasteiger partial charge in [-0.3, -0.25) is 4.39 Å². The molecule has 0 N–H and O–H groups in total. The molecule has 0 aromatic carbocycles. The minimum absolute atomic E-state index is 0.117. The molecule has 0 aliphatic heterocycles. The van der Waals surface area contributed by atoms with Crippen LogP contribution in [0, 0.1) is 11.8 Å². The maximum absolute atomic E-state index is 12.3. The van der Waals surface area contributed by atoms with Crippen LogP contribution in [0.1, 0.15) is 84.0 Å². The van der Waals surface area contributed by atoms with E-state index in [1.165, 1.54) is 64.2 Å². The fourth-order valence-corrected chi connectivity index (χ4v) is 2.76. The van der Waals surface area contributed by atoms with E-state index < -0.39 is 0 Å². The van der Waals surface area contributed by atoms with Gasteiger partial charge in [0, 0.05) is 0 Å².